The van der Waals surface area contributed by atoms with Gasteiger partial charge in [-0.15, -0.1) is 0 Å². The summed E-state index contributed by atoms with van der Waals surface area (Å²) < 4.78 is 16.4. The van der Waals surface area contributed by atoms with Crippen molar-refractivity contribution in [3.63, 3.8) is 0 Å². The number of aromatic nitrogens is 4. The van der Waals surface area contributed by atoms with E-state index in [-0.39, 0.29) is 0 Å². The second-order valence-corrected chi connectivity index (χ2v) is 6.91. The van der Waals surface area contributed by atoms with Crippen molar-refractivity contribution in [1.82, 2.24) is 20.3 Å². The first-order chi connectivity index (χ1) is 14.1. The summed E-state index contributed by atoms with van der Waals surface area (Å²) in [5, 5.41) is 8.03. The van der Waals surface area contributed by atoms with E-state index >= 15 is 0 Å². The number of ether oxygens (including phenoxy) is 1. The van der Waals surface area contributed by atoms with E-state index in [9.17, 15) is 0 Å². The molecule has 0 bridgehead atoms. The van der Waals surface area contributed by atoms with Gasteiger partial charge >= 0.3 is 0 Å². The SMILES string of the molecule is Cc1nc(-c2cc(C)c(OCCCc3nc(-c4ccccc4)no3)c(C)c2)no1. The fourth-order valence-corrected chi connectivity index (χ4v) is 3.18. The average molecular weight is 390 g/mol. The third-order valence-corrected chi connectivity index (χ3v) is 4.53. The van der Waals surface area contributed by atoms with Crippen LogP contribution in [0.4, 0.5) is 0 Å². The van der Waals surface area contributed by atoms with Gasteiger partial charge in [0.2, 0.25) is 23.4 Å². The second kappa shape index (κ2) is 8.26. The molecule has 0 N–H and O–H groups in total. The molecule has 2 aromatic heterocycles. The van der Waals surface area contributed by atoms with Crippen molar-refractivity contribution >= 4 is 0 Å². The maximum absolute atomic E-state index is 6.02. The van der Waals surface area contributed by atoms with Gasteiger partial charge in [-0.3, -0.25) is 0 Å². The molecule has 7 heteroatoms. The van der Waals surface area contributed by atoms with Crippen LogP contribution in [0.3, 0.4) is 0 Å². The molecule has 2 heterocycles. The van der Waals surface area contributed by atoms with Crippen LogP contribution in [0, 0.1) is 20.8 Å². The third kappa shape index (κ3) is 4.34. The standard InChI is InChI=1S/C22H22N4O3/c1-14-12-18(22-23-16(3)28-25-22)13-15(2)20(14)27-11-7-10-19-24-21(26-29-19)17-8-5-4-6-9-17/h4-6,8-9,12-13H,7,10-11H2,1-3H3. The first-order valence-electron chi connectivity index (χ1n) is 9.53. The van der Waals surface area contributed by atoms with Gasteiger partial charge in [-0.2, -0.15) is 9.97 Å². The highest BCUT2D eigenvalue weighted by Gasteiger charge is 2.12. The summed E-state index contributed by atoms with van der Waals surface area (Å²) in [5.41, 5.74) is 3.93. The van der Waals surface area contributed by atoms with Gasteiger partial charge in [0.15, 0.2) is 0 Å². The molecule has 0 aliphatic carbocycles. The topological polar surface area (TPSA) is 87.1 Å². The normalized spacial score (nSPS) is 11.0. The summed E-state index contributed by atoms with van der Waals surface area (Å²) in [5.74, 6) is 3.24. The molecule has 0 aliphatic heterocycles. The third-order valence-electron chi connectivity index (χ3n) is 4.53. The predicted octanol–water partition coefficient (Wildman–Crippen LogP) is 4.72. The largest absolute Gasteiger partial charge is 0.493 e. The van der Waals surface area contributed by atoms with Crippen LogP contribution in [0.5, 0.6) is 5.75 Å². The zero-order valence-electron chi connectivity index (χ0n) is 16.7. The molecule has 0 saturated carbocycles. The summed E-state index contributed by atoms with van der Waals surface area (Å²) in [6.45, 7) is 6.37. The Balaban J connectivity index is 1.35. The maximum Gasteiger partial charge on any atom is 0.227 e. The van der Waals surface area contributed by atoms with E-state index in [2.05, 4.69) is 20.3 Å². The Morgan fingerprint density at radius 3 is 2.21 bits per heavy atom. The van der Waals surface area contributed by atoms with Crippen LogP contribution in [0.1, 0.15) is 29.3 Å². The smallest absolute Gasteiger partial charge is 0.227 e. The van der Waals surface area contributed by atoms with Crippen LogP contribution < -0.4 is 4.74 Å². The first kappa shape index (κ1) is 18.9. The minimum atomic E-state index is 0.548. The summed E-state index contributed by atoms with van der Waals surface area (Å²) in [7, 11) is 0. The molecule has 148 valence electrons. The van der Waals surface area contributed by atoms with E-state index < -0.39 is 0 Å². The number of hydrogen-bond acceptors (Lipinski definition) is 7. The van der Waals surface area contributed by atoms with Crippen molar-refractivity contribution in [2.45, 2.75) is 33.6 Å². The number of rotatable bonds is 7. The molecule has 4 aromatic rings. The minimum absolute atomic E-state index is 0.548. The first-order valence-corrected chi connectivity index (χ1v) is 9.53. The van der Waals surface area contributed by atoms with Crippen molar-refractivity contribution < 1.29 is 13.8 Å². The fourth-order valence-electron chi connectivity index (χ4n) is 3.18. The summed E-state index contributed by atoms with van der Waals surface area (Å²) in [4.78, 5) is 8.73. The molecule has 0 amide bonds. The van der Waals surface area contributed by atoms with Crippen LogP contribution in [0.2, 0.25) is 0 Å². The molecule has 0 spiro atoms. The van der Waals surface area contributed by atoms with E-state index in [4.69, 9.17) is 13.8 Å². The van der Waals surface area contributed by atoms with Gasteiger partial charge in [-0.05, 0) is 43.5 Å². The fraction of sp³-hybridized carbons (Fsp3) is 0.273. The lowest BCUT2D eigenvalue weighted by Crippen LogP contribution is -2.03. The van der Waals surface area contributed by atoms with Gasteiger partial charge in [0.25, 0.3) is 0 Å². The van der Waals surface area contributed by atoms with E-state index in [1.165, 1.54) is 0 Å². The molecule has 0 unspecified atom stereocenters. The minimum Gasteiger partial charge on any atom is -0.493 e. The predicted molar refractivity (Wildman–Crippen MR) is 107 cm³/mol. The Hall–Kier alpha value is -3.48. The van der Waals surface area contributed by atoms with E-state index in [0.29, 0.717) is 36.5 Å². The highest BCUT2D eigenvalue weighted by molar-refractivity contribution is 5.61. The summed E-state index contributed by atoms with van der Waals surface area (Å²) >= 11 is 0. The van der Waals surface area contributed by atoms with Crippen molar-refractivity contribution in [2.24, 2.45) is 0 Å². The van der Waals surface area contributed by atoms with Gasteiger partial charge in [0.05, 0.1) is 6.61 Å². The van der Waals surface area contributed by atoms with Gasteiger partial charge < -0.3 is 13.8 Å². The van der Waals surface area contributed by atoms with Gasteiger partial charge in [-0.25, -0.2) is 0 Å². The lowest BCUT2D eigenvalue weighted by Gasteiger charge is -2.13. The summed E-state index contributed by atoms with van der Waals surface area (Å²) in [6.07, 6.45) is 1.44. The average Bonchev–Trinajstić information content (AvgIpc) is 3.36. The van der Waals surface area contributed by atoms with E-state index in [1.807, 2.05) is 56.3 Å². The van der Waals surface area contributed by atoms with Crippen molar-refractivity contribution in [1.29, 1.82) is 0 Å². The Kier molecular flexibility index (Phi) is 5.37. The van der Waals surface area contributed by atoms with Crippen LogP contribution in [0.15, 0.2) is 51.5 Å². The zero-order valence-corrected chi connectivity index (χ0v) is 16.7. The van der Waals surface area contributed by atoms with Crippen LogP contribution in [-0.4, -0.2) is 26.9 Å². The van der Waals surface area contributed by atoms with Gasteiger partial charge in [0.1, 0.15) is 5.75 Å². The maximum atomic E-state index is 6.02. The molecule has 0 radical (unpaired) electrons. The van der Waals surface area contributed by atoms with Crippen LogP contribution in [-0.2, 0) is 6.42 Å². The quantitative estimate of drug-likeness (QED) is 0.422. The molecule has 29 heavy (non-hydrogen) atoms. The zero-order chi connectivity index (χ0) is 20.2. The lowest BCUT2D eigenvalue weighted by atomic mass is 10.1. The number of hydrogen-bond donors (Lipinski definition) is 0. The summed E-state index contributed by atoms with van der Waals surface area (Å²) in [6, 6.07) is 13.8. The lowest BCUT2D eigenvalue weighted by molar-refractivity contribution is 0.295. The monoisotopic (exact) mass is 390 g/mol. The molecule has 7 nitrogen and oxygen atoms in total. The Morgan fingerprint density at radius 2 is 1.52 bits per heavy atom. The van der Waals surface area contributed by atoms with Gasteiger partial charge in [-0.1, -0.05) is 40.6 Å². The Bertz CT molecular complexity index is 1080. The number of nitrogens with zero attached hydrogens (tertiary/aromatic N) is 4. The Morgan fingerprint density at radius 1 is 0.828 bits per heavy atom. The van der Waals surface area contributed by atoms with Crippen molar-refractivity contribution in [3.05, 3.63) is 65.4 Å². The Labute approximate surface area is 168 Å². The van der Waals surface area contributed by atoms with Crippen molar-refractivity contribution in [3.8, 4) is 28.5 Å². The number of benzene rings is 2. The molecule has 2 aromatic carbocycles. The van der Waals surface area contributed by atoms with Crippen molar-refractivity contribution in [2.75, 3.05) is 6.61 Å². The molecule has 0 atom stereocenters. The molecule has 0 saturated heterocycles. The molecule has 0 aliphatic rings. The van der Waals surface area contributed by atoms with Crippen LogP contribution >= 0.6 is 0 Å². The van der Waals surface area contributed by atoms with Crippen LogP contribution in [0.25, 0.3) is 22.8 Å². The molecule has 0 fully saturated rings. The highest BCUT2D eigenvalue weighted by atomic mass is 16.5. The second-order valence-electron chi connectivity index (χ2n) is 6.91. The highest BCUT2D eigenvalue weighted by Crippen LogP contribution is 2.29. The van der Waals surface area contributed by atoms with E-state index in [0.717, 1.165) is 34.4 Å². The number of aryl methyl sites for hydroxylation is 4. The van der Waals surface area contributed by atoms with E-state index in [1.54, 1.807) is 6.92 Å². The molecular formula is C22H22N4O3. The molecule has 4 rings (SSSR count). The van der Waals surface area contributed by atoms with Gasteiger partial charge in [0, 0.05) is 24.5 Å². The molecular weight excluding hydrogens is 368 g/mol.